The molecule has 0 bridgehead atoms. The Hall–Kier alpha value is -0.230. The van der Waals surface area contributed by atoms with Crippen molar-refractivity contribution in [1.29, 1.82) is 0 Å². The third kappa shape index (κ3) is 3.16. The van der Waals surface area contributed by atoms with Crippen LogP contribution in [0.2, 0.25) is 5.02 Å². The van der Waals surface area contributed by atoms with Crippen LogP contribution in [0.25, 0.3) is 0 Å². The maximum atomic E-state index is 11.5. The number of H-pyrrole nitrogens is 1. The third-order valence-electron chi connectivity index (χ3n) is 1.34. The second kappa shape index (κ2) is 4.10. The van der Waals surface area contributed by atoms with Crippen molar-refractivity contribution in [2.75, 3.05) is 0 Å². The molecule has 14 heavy (non-hydrogen) atoms. The summed E-state index contributed by atoms with van der Waals surface area (Å²) in [4.78, 5) is 14.4. The smallest absolute Gasteiger partial charge is 0.355 e. The Kier molecular flexibility index (Phi) is 3.47. The molecule has 0 aliphatic rings. The van der Waals surface area contributed by atoms with E-state index in [9.17, 15) is 4.79 Å². The maximum Gasteiger partial charge on any atom is 0.355 e. The number of aromatic nitrogens is 1. The highest BCUT2D eigenvalue weighted by Gasteiger charge is 2.19. The Labute approximate surface area is 101 Å². The van der Waals surface area contributed by atoms with Crippen LogP contribution in [0.3, 0.4) is 0 Å². The van der Waals surface area contributed by atoms with Gasteiger partial charge < -0.3 is 9.72 Å². The van der Waals surface area contributed by atoms with Gasteiger partial charge in [0, 0.05) is 0 Å². The van der Waals surface area contributed by atoms with Crippen LogP contribution >= 0.6 is 34.2 Å². The number of ether oxygens (including phenoxy) is 1. The number of carbonyl (C=O) groups excluding carboxylic acids is 1. The van der Waals surface area contributed by atoms with Gasteiger partial charge >= 0.3 is 5.97 Å². The van der Waals surface area contributed by atoms with Crippen molar-refractivity contribution < 1.29 is 9.53 Å². The molecule has 0 aromatic carbocycles. The van der Waals surface area contributed by atoms with Crippen molar-refractivity contribution in [3.8, 4) is 0 Å². The summed E-state index contributed by atoms with van der Waals surface area (Å²) in [6, 6.07) is 1.57. The van der Waals surface area contributed by atoms with Gasteiger partial charge in [-0.1, -0.05) is 11.6 Å². The lowest BCUT2D eigenvalue weighted by molar-refractivity contribution is 0.00635. The molecular weight excluding hydrogens is 316 g/mol. The topological polar surface area (TPSA) is 42.1 Å². The van der Waals surface area contributed by atoms with Gasteiger partial charge in [-0.25, -0.2) is 4.79 Å². The molecule has 0 aliphatic heterocycles. The molecule has 1 N–H and O–H groups in total. The first-order valence-corrected chi connectivity index (χ1v) is 5.52. The van der Waals surface area contributed by atoms with Crippen LogP contribution in [-0.2, 0) is 4.74 Å². The van der Waals surface area contributed by atoms with E-state index in [2.05, 4.69) is 4.98 Å². The van der Waals surface area contributed by atoms with Crippen molar-refractivity contribution in [3.63, 3.8) is 0 Å². The quantitative estimate of drug-likeness (QED) is 0.635. The molecule has 0 saturated heterocycles. The zero-order chi connectivity index (χ0) is 10.9. The van der Waals surface area contributed by atoms with E-state index in [0.29, 0.717) is 10.7 Å². The molecule has 1 aromatic heterocycles. The zero-order valence-electron chi connectivity index (χ0n) is 8.15. The SMILES string of the molecule is CC(C)(C)OC(=O)c1cc(Cl)c(I)[nH]1. The highest BCUT2D eigenvalue weighted by atomic mass is 127. The Morgan fingerprint density at radius 2 is 2.14 bits per heavy atom. The second-order valence-electron chi connectivity index (χ2n) is 3.85. The summed E-state index contributed by atoms with van der Waals surface area (Å²) >= 11 is 7.82. The molecule has 0 fully saturated rings. The minimum atomic E-state index is -0.486. The second-order valence-corrected chi connectivity index (χ2v) is 5.33. The largest absolute Gasteiger partial charge is 0.455 e. The van der Waals surface area contributed by atoms with Crippen LogP contribution in [-0.4, -0.2) is 16.6 Å². The lowest BCUT2D eigenvalue weighted by atomic mass is 10.2. The molecule has 0 atom stereocenters. The van der Waals surface area contributed by atoms with E-state index in [4.69, 9.17) is 16.3 Å². The zero-order valence-corrected chi connectivity index (χ0v) is 11.1. The molecule has 78 valence electrons. The molecule has 0 spiro atoms. The first-order chi connectivity index (χ1) is 6.29. The van der Waals surface area contributed by atoms with Gasteiger partial charge in [0.2, 0.25) is 0 Å². The predicted molar refractivity (Wildman–Crippen MR) is 63.7 cm³/mol. The van der Waals surface area contributed by atoms with E-state index in [1.165, 1.54) is 0 Å². The van der Waals surface area contributed by atoms with E-state index in [1.54, 1.807) is 6.07 Å². The Bertz CT molecular complexity index is 335. The molecule has 0 saturated carbocycles. The predicted octanol–water partition coefficient (Wildman–Crippen LogP) is 3.23. The van der Waals surface area contributed by atoms with Crippen LogP contribution in [0.4, 0.5) is 0 Å². The van der Waals surface area contributed by atoms with Crippen molar-refractivity contribution in [2.45, 2.75) is 26.4 Å². The number of nitrogens with one attached hydrogen (secondary N) is 1. The number of halogens is 2. The summed E-state index contributed by atoms with van der Waals surface area (Å²) < 4.78 is 5.90. The van der Waals surface area contributed by atoms with Gasteiger partial charge in [-0.3, -0.25) is 0 Å². The van der Waals surface area contributed by atoms with Crippen LogP contribution in [0.5, 0.6) is 0 Å². The fraction of sp³-hybridized carbons (Fsp3) is 0.444. The maximum absolute atomic E-state index is 11.5. The fourth-order valence-electron chi connectivity index (χ4n) is 0.847. The number of carbonyl (C=O) groups is 1. The molecule has 0 unspecified atom stereocenters. The standard InChI is InChI=1S/C9H11ClINO2/c1-9(2,3)14-8(13)6-4-5(10)7(11)12-6/h4,12H,1-3H3. The minimum absolute atomic E-state index is 0.384. The van der Waals surface area contributed by atoms with Gasteiger partial charge in [0.1, 0.15) is 11.3 Å². The molecule has 1 aromatic rings. The summed E-state index contributed by atoms with van der Waals surface area (Å²) in [5.41, 5.74) is -0.102. The first kappa shape index (κ1) is 11.8. The van der Waals surface area contributed by atoms with Crippen LogP contribution in [0, 0.1) is 3.70 Å². The van der Waals surface area contributed by atoms with Gasteiger partial charge in [-0.2, -0.15) is 0 Å². The monoisotopic (exact) mass is 327 g/mol. The van der Waals surface area contributed by atoms with Gasteiger partial charge in [0.05, 0.1) is 8.72 Å². The van der Waals surface area contributed by atoms with Crippen LogP contribution < -0.4 is 0 Å². The molecule has 5 heteroatoms. The Morgan fingerprint density at radius 1 is 1.57 bits per heavy atom. The lowest BCUT2D eigenvalue weighted by Gasteiger charge is -2.18. The molecule has 1 rings (SSSR count). The summed E-state index contributed by atoms with van der Waals surface area (Å²) in [6.07, 6.45) is 0. The van der Waals surface area contributed by atoms with Gasteiger partial charge in [-0.05, 0) is 49.4 Å². The summed E-state index contributed by atoms with van der Waals surface area (Å²) in [5.74, 6) is -0.387. The molecule has 1 heterocycles. The van der Waals surface area contributed by atoms with Crippen molar-refractivity contribution in [3.05, 3.63) is 20.5 Å². The average molecular weight is 328 g/mol. The van der Waals surface area contributed by atoms with E-state index >= 15 is 0 Å². The van der Waals surface area contributed by atoms with Crippen LogP contribution in [0.1, 0.15) is 31.3 Å². The van der Waals surface area contributed by atoms with Crippen molar-refractivity contribution in [2.24, 2.45) is 0 Å². The minimum Gasteiger partial charge on any atom is -0.455 e. The van der Waals surface area contributed by atoms with Gasteiger partial charge in [0.15, 0.2) is 0 Å². The lowest BCUT2D eigenvalue weighted by Crippen LogP contribution is -2.24. The Morgan fingerprint density at radius 3 is 2.50 bits per heavy atom. The van der Waals surface area contributed by atoms with Gasteiger partial charge in [-0.15, -0.1) is 0 Å². The number of hydrogen-bond donors (Lipinski definition) is 1. The molecule has 3 nitrogen and oxygen atoms in total. The van der Waals surface area contributed by atoms with Crippen LogP contribution in [0.15, 0.2) is 6.07 Å². The highest BCUT2D eigenvalue weighted by molar-refractivity contribution is 14.1. The average Bonchev–Trinajstić information content (AvgIpc) is 2.28. The molecule has 0 amide bonds. The number of aromatic amines is 1. The van der Waals surface area contributed by atoms with E-state index in [-0.39, 0.29) is 5.97 Å². The van der Waals surface area contributed by atoms with Gasteiger partial charge in [0.25, 0.3) is 0 Å². The fourth-order valence-corrected chi connectivity index (χ4v) is 1.45. The highest BCUT2D eigenvalue weighted by Crippen LogP contribution is 2.20. The molecule has 0 radical (unpaired) electrons. The van der Waals surface area contributed by atoms with E-state index < -0.39 is 5.60 Å². The first-order valence-electron chi connectivity index (χ1n) is 4.07. The van der Waals surface area contributed by atoms with Crippen molar-refractivity contribution in [1.82, 2.24) is 4.98 Å². The van der Waals surface area contributed by atoms with E-state index in [0.717, 1.165) is 3.70 Å². The summed E-state index contributed by atoms with van der Waals surface area (Å²) in [5, 5.41) is 0.534. The summed E-state index contributed by atoms with van der Waals surface area (Å²) in [6.45, 7) is 5.46. The Balaban J connectivity index is 2.80. The van der Waals surface area contributed by atoms with Crippen molar-refractivity contribution >= 4 is 40.2 Å². The normalized spacial score (nSPS) is 11.5. The number of esters is 1. The third-order valence-corrected chi connectivity index (χ3v) is 2.81. The number of hydrogen-bond acceptors (Lipinski definition) is 2. The number of rotatable bonds is 1. The summed E-state index contributed by atoms with van der Waals surface area (Å²) in [7, 11) is 0. The van der Waals surface area contributed by atoms with E-state index in [1.807, 2.05) is 43.4 Å². The molecular formula is C9H11ClINO2. The molecule has 0 aliphatic carbocycles.